The lowest BCUT2D eigenvalue weighted by Crippen LogP contribution is -2.00. The molecule has 0 saturated heterocycles. The lowest BCUT2D eigenvalue weighted by atomic mass is 10.2. The van der Waals surface area contributed by atoms with Crippen LogP contribution in [0.5, 0.6) is 0 Å². The third-order valence-electron chi connectivity index (χ3n) is 3.55. The quantitative estimate of drug-likeness (QED) is 0.743. The summed E-state index contributed by atoms with van der Waals surface area (Å²) in [5.41, 5.74) is 5.93. The molecule has 0 fully saturated rings. The Morgan fingerprint density at radius 1 is 1.11 bits per heavy atom. The van der Waals surface area contributed by atoms with E-state index in [2.05, 4.69) is 53.4 Å². The van der Waals surface area contributed by atoms with Crippen LogP contribution >= 0.6 is 0 Å². The number of aryl methyl sites for hydroxylation is 2. The highest BCUT2D eigenvalue weighted by Crippen LogP contribution is 2.26. The van der Waals surface area contributed by atoms with Gasteiger partial charge in [0.25, 0.3) is 0 Å². The average Bonchev–Trinajstić information content (AvgIpc) is 2.74. The van der Waals surface area contributed by atoms with Gasteiger partial charge in [-0.3, -0.25) is 4.98 Å². The number of hydrogen-bond acceptors (Lipinski definition) is 2. The molecular weight excluding hydrogens is 234 g/mol. The Morgan fingerprint density at radius 3 is 2.68 bits per heavy atom. The molecule has 1 aromatic carbocycles. The molecule has 0 unspecified atom stereocenters. The van der Waals surface area contributed by atoms with Crippen molar-refractivity contribution in [1.82, 2.24) is 9.97 Å². The predicted octanol–water partition coefficient (Wildman–Crippen LogP) is 3.79. The number of rotatable bonds is 3. The number of aromatic nitrogens is 2. The molecule has 0 spiro atoms. The monoisotopic (exact) mass is 251 g/mol. The van der Waals surface area contributed by atoms with Gasteiger partial charge in [-0.2, -0.15) is 0 Å². The maximum atomic E-state index is 4.32. The fraction of sp³-hybridized carbons (Fsp3) is 0.188. The zero-order chi connectivity index (χ0) is 13.2. The molecule has 0 aliphatic rings. The Balaban J connectivity index is 1.91. The summed E-state index contributed by atoms with van der Waals surface area (Å²) in [6.07, 6.45) is 3.79. The van der Waals surface area contributed by atoms with Crippen molar-refractivity contribution in [3.63, 3.8) is 0 Å². The van der Waals surface area contributed by atoms with Crippen LogP contribution in [0.25, 0.3) is 10.9 Å². The third kappa shape index (κ3) is 2.19. The van der Waals surface area contributed by atoms with Crippen molar-refractivity contribution in [3.8, 4) is 0 Å². The summed E-state index contributed by atoms with van der Waals surface area (Å²) >= 11 is 0. The van der Waals surface area contributed by atoms with E-state index in [9.17, 15) is 0 Å². The van der Waals surface area contributed by atoms with Gasteiger partial charge in [-0.15, -0.1) is 0 Å². The van der Waals surface area contributed by atoms with Crippen molar-refractivity contribution in [2.45, 2.75) is 20.4 Å². The Hall–Kier alpha value is -2.29. The maximum absolute atomic E-state index is 4.32. The van der Waals surface area contributed by atoms with E-state index in [0.717, 1.165) is 17.7 Å². The second-order valence-electron chi connectivity index (χ2n) is 4.82. The minimum absolute atomic E-state index is 0.804. The van der Waals surface area contributed by atoms with Gasteiger partial charge in [0.05, 0.1) is 17.4 Å². The minimum atomic E-state index is 0.804. The Labute approximate surface area is 112 Å². The van der Waals surface area contributed by atoms with Gasteiger partial charge >= 0.3 is 0 Å². The summed E-state index contributed by atoms with van der Waals surface area (Å²) in [6, 6.07) is 10.4. The number of fused-ring (bicyclic) bond motifs is 1. The molecular formula is C16H17N3. The smallest absolute Gasteiger partial charge is 0.0774 e. The minimum Gasteiger partial charge on any atom is -0.378 e. The molecule has 2 heterocycles. The van der Waals surface area contributed by atoms with Crippen molar-refractivity contribution in [1.29, 1.82) is 0 Å². The second kappa shape index (κ2) is 4.76. The van der Waals surface area contributed by atoms with Gasteiger partial charge in [-0.1, -0.05) is 30.3 Å². The molecule has 96 valence electrons. The van der Waals surface area contributed by atoms with E-state index < -0.39 is 0 Å². The molecule has 3 aromatic rings. The van der Waals surface area contributed by atoms with Gasteiger partial charge in [0.15, 0.2) is 0 Å². The molecule has 3 rings (SSSR count). The van der Waals surface area contributed by atoms with Crippen molar-refractivity contribution in [3.05, 3.63) is 59.5 Å². The summed E-state index contributed by atoms with van der Waals surface area (Å²) < 4.78 is 0. The molecule has 0 aliphatic heterocycles. The van der Waals surface area contributed by atoms with E-state index in [4.69, 9.17) is 0 Å². The highest BCUT2D eigenvalue weighted by molar-refractivity contribution is 5.93. The predicted molar refractivity (Wildman–Crippen MR) is 79.3 cm³/mol. The highest BCUT2D eigenvalue weighted by atomic mass is 14.9. The van der Waals surface area contributed by atoms with Gasteiger partial charge in [0.2, 0.25) is 0 Å². The average molecular weight is 251 g/mol. The van der Waals surface area contributed by atoms with Crippen LogP contribution in [0, 0.1) is 13.8 Å². The first-order valence-electron chi connectivity index (χ1n) is 6.46. The Bertz CT molecular complexity index is 699. The van der Waals surface area contributed by atoms with Gasteiger partial charge in [0.1, 0.15) is 0 Å². The van der Waals surface area contributed by atoms with E-state index in [-0.39, 0.29) is 0 Å². The molecule has 0 amide bonds. The lowest BCUT2D eigenvalue weighted by Gasteiger charge is -2.07. The number of pyridine rings is 1. The van der Waals surface area contributed by atoms with Crippen LogP contribution in [0.2, 0.25) is 0 Å². The van der Waals surface area contributed by atoms with Crippen molar-refractivity contribution >= 4 is 16.6 Å². The fourth-order valence-corrected chi connectivity index (χ4v) is 2.29. The van der Waals surface area contributed by atoms with Gasteiger partial charge in [0, 0.05) is 23.8 Å². The highest BCUT2D eigenvalue weighted by Gasteiger charge is 2.08. The number of H-pyrrole nitrogens is 1. The molecule has 0 radical (unpaired) electrons. The molecule has 0 aliphatic carbocycles. The molecule has 2 N–H and O–H groups in total. The Kier molecular flexibility index (Phi) is 2.95. The van der Waals surface area contributed by atoms with Crippen molar-refractivity contribution in [2.75, 3.05) is 5.32 Å². The molecule has 0 bridgehead atoms. The van der Waals surface area contributed by atoms with Crippen molar-refractivity contribution in [2.24, 2.45) is 0 Å². The van der Waals surface area contributed by atoms with Gasteiger partial charge < -0.3 is 10.3 Å². The second-order valence-corrected chi connectivity index (χ2v) is 4.82. The first-order chi connectivity index (χ1) is 9.25. The largest absolute Gasteiger partial charge is 0.378 e. The maximum Gasteiger partial charge on any atom is 0.0774 e. The van der Waals surface area contributed by atoms with E-state index in [1.807, 2.05) is 18.5 Å². The summed E-state index contributed by atoms with van der Waals surface area (Å²) in [5, 5.41) is 4.64. The van der Waals surface area contributed by atoms with Gasteiger partial charge in [-0.25, -0.2) is 0 Å². The Morgan fingerprint density at radius 2 is 1.89 bits per heavy atom. The molecule has 3 nitrogen and oxygen atoms in total. The molecule has 2 aromatic heterocycles. The van der Waals surface area contributed by atoms with Gasteiger partial charge in [-0.05, 0) is 25.0 Å². The van der Waals surface area contributed by atoms with E-state index in [0.29, 0.717) is 0 Å². The van der Waals surface area contributed by atoms with Crippen molar-refractivity contribution < 1.29 is 0 Å². The number of aromatic amines is 1. The number of nitrogens with one attached hydrogen (secondary N) is 2. The number of anilines is 1. The molecule has 0 atom stereocenters. The zero-order valence-corrected chi connectivity index (χ0v) is 11.2. The van der Waals surface area contributed by atoms with Crippen LogP contribution in [0.4, 0.5) is 5.69 Å². The zero-order valence-electron chi connectivity index (χ0n) is 11.2. The SMILES string of the molecule is Cc1[nH]c2c(NCc3ccccc3)cncc2c1C. The van der Waals surface area contributed by atoms with Crippen LogP contribution < -0.4 is 5.32 Å². The number of benzene rings is 1. The summed E-state index contributed by atoms with van der Waals surface area (Å²) in [6.45, 7) is 5.02. The third-order valence-corrected chi connectivity index (χ3v) is 3.55. The first kappa shape index (κ1) is 11.8. The topological polar surface area (TPSA) is 40.7 Å². The molecule has 3 heteroatoms. The first-order valence-corrected chi connectivity index (χ1v) is 6.46. The summed E-state index contributed by atoms with van der Waals surface area (Å²) in [5.74, 6) is 0. The summed E-state index contributed by atoms with van der Waals surface area (Å²) in [7, 11) is 0. The lowest BCUT2D eigenvalue weighted by molar-refractivity contribution is 1.14. The van der Waals surface area contributed by atoms with Crippen LogP contribution in [0.1, 0.15) is 16.8 Å². The standard InChI is InChI=1S/C16H17N3/c1-11-12(2)19-16-14(11)9-17-10-15(16)18-8-13-6-4-3-5-7-13/h3-7,9-10,18-19H,8H2,1-2H3. The van der Waals surface area contributed by atoms with E-state index in [1.54, 1.807) is 0 Å². The van der Waals surface area contributed by atoms with E-state index >= 15 is 0 Å². The number of hydrogen-bond donors (Lipinski definition) is 2. The molecule has 0 saturated carbocycles. The fourth-order valence-electron chi connectivity index (χ4n) is 2.29. The van der Waals surface area contributed by atoms with Crippen LogP contribution in [0.15, 0.2) is 42.7 Å². The normalized spacial score (nSPS) is 10.8. The van der Waals surface area contributed by atoms with Crippen LogP contribution in [-0.2, 0) is 6.54 Å². The summed E-state index contributed by atoms with van der Waals surface area (Å²) in [4.78, 5) is 7.75. The van der Waals surface area contributed by atoms with Crippen LogP contribution in [0.3, 0.4) is 0 Å². The van der Waals surface area contributed by atoms with E-state index in [1.165, 1.54) is 22.2 Å². The van der Waals surface area contributed by atoms with Crippen LogP contribution in [-0.4, -0.2) is 9.97 Å². The molecule has 19 heavy (non-hydrogen) atoms. The number of nitrogens with zero attached hydrogens (tertiary/aromatic N) is 1.